The Balaban J connectivity index is 2.46. The fourth-order valence-electron chi connectivity index (χ4n) is 0.931. The third-order valence-electron chi connectivity index (χ3n) is 1.77. The molecular weight excluding hydrogens is 190 g/mol. The molecule has 0 bridgehead atoms. The number of ketones is 1. The van der Waals surface area contributed by atoms with Crippen molar-refractivity contribution in [2.75, 3.05) is 0 Å². The van der Waals surface area contributed by atoms with Gasteiger partial charge in [0.1, 0.15) is 5.71 Å². The lowest BCUT2D eigenvalue weighted by Crippen LogP contribution is -2.13. The lowest BCUT2D eigenvalue weighted by Gasteiger charge is -2.00. The van der Waals surface area contributed by atoms with Gasteiger partial charge in [-0.15, -0.1) is 0 Å². The Morgan fingerprint density at radius 1 is 1.53 bits per heavy atom. The maximum atomic E-state index is 10.7. The molecule has 4 heteroatoms. The number of rotatable bonds is 4. The van der Waals surface area contributed by atoms with Gasteiger partial charge in [0.05, 0.1) is 6.21 Å². The van der Waals surface area contributed by atoms with Crippen molar-refractivity contribution in [3.8, 4) is 0 Å². The largest absolute Gasteiger partial charge is 0.296 e. The maximum Gasteiger partial charge on any atom is 0.179 e. The molecule has 0 aromatic rings. The Hall–Kier alpha value is -1.97. The lowest BCUT2D eigenvalue weighted by atomic mass is 10.3. The van der Waals surface area contributed by atoms with E-state index in [9.17, 15) is 4.79 Å². The van der Waals surface area contributed by atoms with Crippen molar-refractivity contribution >= 4 is 17.7 Å². The predicted molar refractivity (Wildman–Crippen MR) is 61.0 cm³/mol. The van der Waals surface area contributed by atoms with Crippen LogP contribution < -0.4 is 5.43 Å². The molecule has 0 radical (unpaired) electrons. The Kier molecular flexibility index (Phi) is 4.22. The van der Waals surface area contributed by atoms with E-state index in [1.54, 1.807) is 0 Å². The molecule has 0 aromatic carbocycles. The topological polar surface area (TPSA) is 65.3 Å². The fraction of sp³-hybridized carbons (Fsp3) is 0.182. The van der Waals surface area contributed by atoms with Crippen LogP contribution in [0, 0.1) is 5.41 Å². The third kappa shape index (κ3) is 4.17. The molecular formula is C11H13N3O. The normalized spacial score (nSPS) is 14.9. The Bertz CT molecular complexity index is 375. The summed E-state index contributed by atoms with van der Waals surface area (Å²) in [5, 5.41) is 11.0. The first-order valence-corrected chi connectivity index (χ1v) is 4.61. The van der Waals surface area contributed by atoms with E-state index in [4.69, 9.17) is 5.41 Å². The van der Waals surface area contributed by atoms with Crippen LogP contribution >= 0.6 is 0 Å². The van der Waals surface area contributed by atoms with Crippen LogP contribution in [0.4, 0.5) is 0 Å². The van der Waals surface area contributed by atoms with Crippen molar-refractivity contribution in [1.82, 2.24) is 5.43 Å². The molecule has 1 rings (SSSR count). The highest BCUT2D eigenvalue weighted by molar-refractivity contribution is 6.59. The van der Waals surface area contributed by atoms with Crippen LogP contribution in [-0.4, -0.2) is 17.7 Å². The zero-order chi connectivity index (χ0) is 11.1. The van der Waals surface area contributed by atoms with Gasteiger partial charge in [-0.25, -0.2) is 0 Å². The van der Waals surface area contributed by atoms with Gasteiger partial charge in [-0.05, 0) is 6.08 Å². The van der Waals surface area contributed by atoms with Crippen LogP contribution in [0.5, 0.6) is 0 Å². The molecule has 78 valence electrons. The predicted octanol–water partition coefficient (Wildman–Crippen LogP) is 1.57. The van der Waals surface area contributed by atoms with E-state index >= 15 is 0 Å². The summed E-state index contributed by atoms with van der Waals surface area (Å²) in [6.07, 6.45) is 11.6. The van der Waals surface area contributed by atoms with E-state index in [0.717, 1.165) is 12.1 Å². The number of allylic oxidation sites excluding steroid dienone is 5. The van der Waals surface area contributed by atoms with Gasteiger partial charge >= 0.3 is 0 Å². The number of Topliss-reactive ketones (excluding diaryl/α,β-unsaturated/α-hetero) is 1. The summed E-state index contributed by atoms with van der Waals surface area (Å²) in [7, 11) is 0. The van der Waals surface area contributed by atoms with Crippen molar-refractivity contribution in [2.24, 2.45) is 5.10 Å². The summed E-state index contributed by atoms with van der Waals surface area (Å²) >= 11 is 0. The molecule has 0 saturated carbocycles. The number of hydrogen-bond acceptors (Lipinski definition) is 4. The number of nitrogens with one attached hydrogen (secondary N) is 2. The summed E-state index contributed by atoms with van der Waals surface area (Å²) < 4.78 is 0. The second-order valence-electron chi connectivity index (χ2n) is 3.05. The molecule has 4 nitrogen and oxygen atoms in total. The quantitative estimate of drug-likeness (QED) is 0.538. The molecule has 0 aliphatic heterocycles. The highest BCUT2D eigenvalue weighted by atomic mass is 16.1. The molecule has 1 aliphatic carbocycles. The van der Waals surface area contributed by atoms with Crippen LogP contribution in [0.15, 0.2) is 41.2 Å². The average Bonchev–Trinajstić information content (AvgIpc) is 2.46. The molecule has 0 unspecified atom stereocenters. The Morgan fingerprint density at radius 2 is 2.33 bits per heavy atom. The van der Waals surface area contributed by atoms with E-state index in [2.05, 4.69) is 10.5 Å². The monoisotopic (exact) mass is 203 g/mol. The van der Waals surface area contributed by atoms with E-state index in [0.29, 0.717) is 0 Å². The molecule has 15 heavy (non-hydrogen) atoms. The molecule has 0 atom stereocenters. The second kappa shape index (κ2) is 5.70. The van der Waals surface area contributed by atoms with Gasteiger partial charge in [-0.3, -0.25) is 15.6 Å². The average molecular weight is 203 g/mol. The number of carbonyl (C=O) groups is 1. The zero-order valence-corrected chi connectivity index (χ0v) is 8.53. The molecule has 0 aromatic heterocycles. The minimum Gasteiger partial charge on any atom is -0.296 e. The van der Waals surface area contributed by atoms with Crippen molar-refractivity contribution in [2.45, 2.75) is 13.3 Å². The molecule has 1 aliphatic rings. The van der Waals surface area contributed by atoms with Crippen LogP contribution in [0.2, 0.25) is 0 Å². The number of hydrogen-bond donors (Lipinski definition) is 2. The van der Waals surface area contributed by atoms with Crippen molar-refractivity contribution in [3.05, 3.63) is 36.1 Å². The molecule has 0 fully saturated rings. The SMILES string of the molecule is CC(=O)C(=N)/C=N\NC1=CC=CC=CC1. The molecule has 0 saturated heterocycles. The smallest absolute Gasteiger partial charge is 0.179 e. The molecule has 0 amide bonds. The van der Waals surface area contributed by atoms with Gasteiger partial charge in [0.2, 0.25) is 0 Å². The third-order valence-corrected chi connectivity index (χ3v) is 1.77. The zero-order valence-electron chi connectivity index (χ0n) is 8.53. The number of carbonyl (C=O) groups excluding carboxylic acids is 1. The summed E-state index contributed by atoms with van der Waals surface area (Å²) in [5.74, 6) is -0.296. The van der Waals surface area contributed by atoms with E-state index in [1.165, 1.54) is 13.1 Å². The number of hydrazone groups is 1. The first kappa shape index (κ1) is 11.1. The molecule has 2 N–H and O–H groups in total. The van der Waals surface area contributed by atoms with Gasteiger partial charge in [0.25, 0.3) is 0 Å². The van der Waals surface area contributed by atoms with Crippen molar-refractivity contribution < 1.29 is 4.79 Å². The van der Waals surface area contributed by atoms with Crippen LogP contribution in [0.1, 0.15) is 13.3 Å². The highest BCUT2D eigenvalue weighted by Gasteiger charge is 1.98. The molecule has 0 heterocycles. The minimum absolute atomic E-state index is 0.109. The van der Waals surface area contributed by atoms with Gasteiger partial charge in [0, 0.05) is 19.0 Å². The van der Waals surface area contributed by atoms with Crippen LogP contribution in [0.25, 0.3) is 0 Å². The van der Waals surface area contributed by atoms with Gasteiger partial charge in [0.15, 0.2) is 5.78 Å². The Morgan fingerprint density at radius 3 is 3.07 bits per heavy atom. The maximum absolute atomic E-state index is 10.7. The summed E-state index contributed by atoms with van der Waals surface area (Å²) in [4.78, 5) is 10.7. The van der Waals surface area contributed by atoms with E-state index < -0.39 is 0 Å². The van der Waals surface area contributed by atoms with Gasteiger partial charge in [-0.2, -0.15) is 5.10 Å². The fourth-order valence-corrected chi connectivity index (χ4v) is 0.931. The number of nitrogens with zero attached hydrogens (tertiary/aromatic N) is 1. The van der Waals surface area contributed by atoms with Crippen molar-refractivity contribution in [1.29, 1.82) is 5.41 Å². The van der Waals surface area contributed by atoms with Crippen molar-refractivity contribution in [3.63, 3.8) is 0 Å². The first-order valence-electron chi connectivity index (χ1n) is 4.61. The van der Waals surface area contributed by atoms with Crippen LogP contribution in [0.3, 0.4) is 0 Å². The highest BCUT2D eigenvalue weighted by Crippen LogP contribution is 2.02. The van der Waals surface area contributed by atoms with Gasteiger partial charge in [-0.1, -0.05) is 24.3 Å². The lowest BCUT2D eigenvalue weighted by molar-refractivity contribution is -0.110. The Labute approximate surface area is 88.6 Å². The summed E-state index contributed by atoms with van der Waals surface area (Å²) in [6.45, 7) is 1.34. The summed E-state index contributed by atoms with van der Waals surface area (Å²) in [6, 6.07) is 0. The second-order valence-corrected chi connectivity index (χ2v) is 3.05. The summed E-state index contributed by atoms with van der Waals surface area (Å²) in [5.41, 5.74) is 3.60. The van der Waals surface area contributed by atoms with E-state index in [1.807, 2.05) is 30.4 Å². The first-order chi connectivity index (χ1) is 7.20. The van der Waals surface area contributed by atoms with Crippen LogP contribution in [-0.2, 0) is 4.79 Å². The minimum atomic E-state index is -0.296. The standard InChI is InChI=1S/C11H13N3O/c1-9(15)11(12)8-13-14-10-6-4-2-3-5-7-10/h2-6,8,12,14H,7H2,1H3/b12-11?,13-8-. The van der Waals surface area contributed by atoms with E-state index in [-0.39, 0.29) is 11.5 Å². The van der Waals surface area contributed by atoms with Gasteiger partial charge < -0.3 is 0 Å². The molecule has 0 spiro atoms.